The number of hydrogen-bond donors (Lipinski definition) is 0. The maximum atomic E-state index is 6.68. The van der Waals surface area contributed by atoms with Crippen LogP contribution in [0.15, 0.2) is 0 Å². The third kappa shape index (κ3) is 9.58. The zero-order valence-corrected chi connectivity index (χ0v) is 18.5. The summed E-state index contributed by atoms with van der Waals surface area (Å²) in [7, 11) is -1.66. The van der Waals surface area contributed by atoms with Crippen LogP contribution in [0.5, 0.6) is 0 Å². The first-order valence-electron chi connectivity index (χ1n) is 10.6. The van der Waals surface area contributed by atoms with Crippen molar-refractivity contribution in [3.05, 3.63) is 0 Å². The van der Waals surface area contributed by atoms with Crippen molar-refractivity contribution in [2.75, 3.05) is 6.61 Å². The standard InChI is InChI=1S/C21H44O2Si/c1-7-8-9-10-11-12-13-14-15-16-19(17-20-18-22-20)23-24(5,6)21(2,3)4/h19-20H,7-18H2,1-6H3/t19-,20?/m1/s1. The molecule has 0 aromatic heterocycles. The van der Waals surface area contributed by atoms with E-state index < -0.39 is 8.32 Å². The Labute approximate surface area is 153 Å². The van der Waals surface area contributed by atoms with Crippen molar-refractivity contribution in [1.29, 1.82) is 0 Å². The van der Waals surface area contributed by atoms with Crippen molar-refractivity contribution in [2.45, 2.75) is 129 Å². The first kappa shape index (κ1) is 22.2. The van der Waals surface area contributed by atoms with E-state index in [1.165, 1.54) is 64.2 Å². The fourth-order valence-corrected chi connectivity index (χ4v) is 4.40. The largest absolute Gasteiger partial charge is 0.414 e. The molecule has 0 saturated carbocycles. The Balaban J connectivity index is 2.19. The lowest BCUT2D eigenvalue weighted by atomic mass is 10.0. The van der Waals surface area contributed by atoms with Crippen LogP contribution < -0.4 is 0 Å². The van der Waals surface area contributed by atoms with E-state index in [0.29, 0.717) is 17.2 Å². The van der Waals surface area contributed by atoms with Crippen LogP contribution in [0, 0.1) is 0 Å². The molecule has 0 spiro atoms. The number of rotatable bonds is 14. The van der Waals surface area contributed by atoms with Gasteiger partial charge in [0.15, 0.2) is 8.32 Å². The molecule has 0 aliphatic carbocycles. The van der Waals surface area contributed by atoms with E-state index in [9.17, 15) is 0 Å². The van der Waals surface area contributed by atoms with Crippen molar-refractivity contribution in [3.8, 4) is 0 Å². The maximum Gasteiger partial charge on any atom is 0.192 e. The Morgan fingerprint density at radius 1 is 0.958 bits per heavy atom. The maximum absolute atomic E-state index is 6.68. The molecule has 0 aromatic carbocycles. The average Bonchev–Trinajstić information content (AvgIpc) is 3.27. The molecule has 0 aromatic rings. The highest BCUT2D eigenvalue weighted by Crippen LogP contribution is 2.38. The predicted octanol–water partition coefficient (Wildman–Crippen LogP) is 7.09. The molecule has 144 valence electrons. The third-order valence-corrected chi connectivity index (χ3v) is 10.4. The summed E-state index contributed by atoms with van der Waals surface area (Å²) >= 11 is 0. The topological polar surface area (TPSA) is 21.8 Å². The van der Waals surface area contributed by atoms with Crippen LogP contribution in [-0.2, 0) is 9.16 Å². The summed E-state index contributed by atoms with van der Waals surface area (Å²) in [4.78, 5) is 0. The second-order valence-corrected chi connectivity index (χ2v) is 14.1. The Morgan fingerprint density at radius 3 is 1.92 bits per heavy atom. The quantitative estimate of drug-likeness (QED) is 0.188. The number of ether oxygens (including phenoxy) is 1. The molecule has 2 nitrogen and oxygen atoms in total. The van der Waals surface area contributed by atoms with Gasteiger partial charge >= 0.3 is 0 Å². The molecule has 1 aliphatic heterocycles. The van der Waals surface area contributed by atoms with Crippen LogP contribution >= 0.6 is 0 Å². The molecule has 0 bridgehead atoms. The van der Waals surface area contributed by atoms with Gasteiger partial charge in [0.1, 0.15) is 0 Å². The van der Waals surface area contributed by atoms with E-state index >= 15 is 0 Å². The van der Waals surface area contributed by atoms with Gasteiger partial charge < -0.3 is 9.16 Å². The molecular formula is C21H44O2Si. The van der Waals surface area contributed by atoms with Gasteiger partial charge in [-0.25, -0.2) is 0 Å². The molecule has 0 radical (unpaired) electrons. The van der Waals surface area contributed by atoms with Crippen LogP contribution in [0.2, 0.25) is 18.1 Å². The summed E-state index contributed by atoms with van der Waals surface area (Å²) in [5.74, 6) is 0. The SMILES string of the molecule is CCCCCCCCCCC[C@H](CC1CO1)O[Si](C)(C)C(C)(C)C. The highest BCUT2D eigenvalue weighted by molar-refractivity contribution is 6.74. The second-order valence-electron chi connectivity index (χ2n) is 9.31. The molecule has 1 unspecified atom stereocenters. The third-order valence-electron chi connectivity index (χ3n) is 5.83. The highest BCUT2D eigenvalue weighted by Gasteiger charge is 2.40. The van der Waals surface area contributed by atoms with Crippen molar-refractivity contribution < 1.29 is 9.16 Å². The van der Waals surface area contributed by atoms with Crippen LogP contribution in [0.4, 0.5) is 0 Å². The van der Waals surface area contributed by atoms with E-state index in [4.69, 9.17) is 9.16 Å². The first-order valence-corrected chi connectivity index (χ1v) is 13.5. The Morgan fingerprint density at radius 2 is 1.46 bits per heavy atom. The van der Waals surface area contributed by atoms with Gasteiger partial charge in [-0.05, 0) is 24.6 Å². The molecule has 24 heavy (non-hydrogen) atoms. The highest BCUT2D eigenvalue weighted by atomic mass is 28.4. The van der Waals surface area contributed by atoms with Crippen LogP contribution in [-0.4, -0.2) is 27.1 Å². The van der Waals surface area contributed by atoms with Crippen LogP contribution in [0.25, 0.3) is 0 Å². The average molecular weight is 357 g/mol. The molecular weight excluding hydrogens is 312 g/mol. The smallest absolute Gasteiger partial charge is 0.192 e. The van der Waals surface area contributed by atoms with Gasteiger partial charge in [-0.2, -0.15) is 0 Å². The Bertz CT molecular complexity index is 318. The van der Waals surface area contributed by atoms with Crippen molar-refractivity contribution in [1.82, 2.24) is 0 Å². The van der Waals surface area contributed by atoms with Gasteiger partial charge in [-0.3, -0.25) is 0 Å². The predicted molar refractivity (Wildman–Crippen MR) is 108 cm³/mol. The molecule has 2 atom stereocenters. The minimum atomic E-state index is -1.66. The normalized spacial score (nSPS) is 19.5. The van der Waals surface area contributed by atoms with Crippen LogP contribution in [0.1, 0.15) is 98.3 Å². The summed E-state index contributed by atoms with van der Waals surface area (Å²) in [5.41, 5.74) is 0. The number of epoxide rings is 1. The molecule has 1 saturated heterocycles. The number of unbranched alkanes of at least 4 members (excludes halogenated alkanes) is 8. The Hall–Kier alpha value is 0.137. The molecule has 1 rings (SSSR count). The van der Waals surface area contributed by atoms with Crippen LogP contribution in [0.3, 0.4) is 0 Å². The first-order chi connectivity index (χ1) is 11.3. The van der Waals surface area contributed by atoms with Gasteiger partial charge in [-0.1, -0.05) is 85.5 Å². The lowest BCUT2D eigenvalue weighted by Gasteiger charge is -2.39. The van der Waals surface area contributed by atoms with E-state index in [2.05, 4.69) is 40.8 Å². The van der Waals surface area contributed by atoms with E-state index in [0.717, 1.165) is 13.0 Å². The van der Waals surface area contributed by atoms with Gasteiger partial charge in [0.25, 0.3) is 0 Å². The zero-order chi connectivity index (χ0) is 18.1. The second kappa shape index (κ2) is 11.0. The van der Waals surface area contributed by atoms with Crippen molar-refractivity contribution in [3.63, 3.8) is 0 Å². The van der Waals surface area contributed by atoms with Crippen molar-refractivity contribution in [2.24, 2.45) is 0 Å². The fraction of sp³-hybridized carbons (Fsp3) is 1.00. The molecule has 0 amide bonds. The molecule has 0 N–H and O–H groups in total. The van der Waals surface area contributed by atoms with E-state index in [1.54, 1.807) is 0 Å². The number of hydrogen-bond acceptors (Lipinski definition) is 2. The lowest BCUT2D eigenvalue weighted by molar-refractivity contribution is 0.146. The van der Waals surface area contributed by atoms with Gasteiger partial charge in [0.2, 0.25) is 0 Å². The zero-order valence-electron chi connectivity index (χ0n) is 17.5. The molecule has 3 heteroatoms. The molecule has 1 fully saturated rings. The van der Waals surface area contributed by atoms with E-state index in [-0.39, 0.29) is 0 Å². The fourth-order valence-electron chi connectivity index (χ4n) is 3.00. The summed E-state index contributed by atoms with van der Waals surface area (Å²) in [5, 5.41) is 0.300. The lowest BCUT2D eigenvalue weighted by Crippen LogP contribution is -2.44. The summed E-state index contributed by atoms with van der Waals surface area (Å²) in [6.07, 6.45) is 15.8. The van der Waals surface area contributed by atoms with Gasteiger partial charge in [0, 0.05) is 12.5 Å². The molecule has 1 aliphatic rings. The minimum Gasteiger partial charge on any atom is -0.414 e. The minimum absolute atomic E-state index is 0.300. The summed E-state index contributed by atoms with van der Waals surface area (Å²) < 4.78 is 12.2. The van der Waals surface area contributed by atoms with Gasteiger partial charge in [-0.15, -0.1) is 0 Å². The Kier molecular flexibility index (Phi) is 10.1. The van der Waals surface area contributed by atoms with Gasteiger partial charge in [0.05, 0.1) is 12.7 Å². The summed E-state index contributed by atoms with van der Waals surface area (Å²) in [6.45, 7) is 15.0. The van der Waals surface area contributed by atoms with E-state index in [1.807, 2.05) is 0 Å². The summed E-state index contributed by atoms with van der Waals surface area (Å²) in [6, 6.07) is 0. The molecule has 1 heterocycles. The van der Waals surface area contributed by atoms with Crippen molar-refractivity contribution >= 4 is 8.32 Å². The monoisotopic (exact) mass is 356 g/mol.